The van der Waals surface area contributed by atoms with Gasteiger partial charge in [-0.3, -0.25) is 0 Å². The Bertz CT molecular complexity index is 934. The molecule has 0 atom stereocenters. The van der Waals surface area contributed by atoms with Crippen LogP contribution in [0.3, 0.4) is 0 Å². The maximum Gasteiger partial charge on any atom is 0.143 e. The molecule has 4 rings (SSSR count). The Hall–Kier alpha value is -2.82. The second-order valence-corrected chi connectivity index (χ2v) is 5.47. The number of aromatic amines is 2. The smallest absolute Gasteiger partial charge is 0.143 e. The molecule has 22 heavy (non-hydrogen) atoms. The number of nitrogens with one attached hydrogen (secondary N) is 3. The first-order valence-corrected chi connectivity index (χ1v) is 7.40. The van der Waals surface area contributed by atoms with Gasteiger partial charge in [-0.25, -0.2) is 9.97 Å². The van der Waals surface area contributed by atoms with Crippen molar-refractivity contribution in [3.8, 4) is 0 Å². The van der Waals surface area contributed by atoms with Gasteiger partial charge in [-0.15, -0.1) is 0 Å². The highest BCUT2D eigenvalue weighted by atomic mass is 15.0. The summed E-state index contributed by atoms with van der Waals surface area (Å²) in [6.07, 6.45) is 4.62. The lowest BCUT2D eigenvalue weighted by Gasteiger charge is -2.05. The van der Waals surface area contributed by atoms with E-state index in [9.17, 15) is 0 Å². The van der Waals surface area contributed by atoms with Crippen LogP contribution in [-0.2, 0) is 6.42 Å². The van der Waals surface area contributed by atoms with E-state index >= 15 is 0 Å². The number of H-pyrrole nitrogens is 2. The number of aryl methyl sites for hydroxylation is 1. The van der Waals surface area contributed by atoms with Crippen molar-refractivity contribution in [2.75, 3.05) is 11.9 Å². The van der Waals surface area contributed by atoms with E-state index in [4.69, 9.17) is 0 Å². The zero-order chi connectivity index (χ0) is 14.9. The molecule has 0 aliphatic heterocycles. The monoisotopic (exact) mass is 291 g/mol. The van der Waals surface area contributed by atoms with Crippen LogP contribution < -0.4 is 5.32 Å². The molecule has 0 fully saturated rings. The Morgan fingerprint density at radius 3 is 3.00 bits per heavy atom. The average Bonchev–Trinajstić information content (AvgIpc) is 3.11. The van der Waals surface area contributed by atoms with Crippen molar-refractivity contribution in [3.05, 3.63) is 54.1 Å². The van der Waals surface area contributed by atoms with Gasteiger partial charge < -0.3 is 15.3 Å². The van der Waals surface area contributed by atoms with Gasteiger partial charge in [-0.05, 0) is 31.0 Å². The third-order valence-electron chi connectivity index (χ3n) is 3.92. The van der Waals surface area contributed by atoms with Crippen molar-refractivity contribution in [2.45, 2.75) is 13.3 Å². The van der Waals surface area contributed by atoms with Gasteiger partial charge in [0.15, 0.2) is 0 Å². The minimum Gasteiger partial charge on any atom is -0.369 e. The fourth-order valence-corrected chi connectivity index (χ4v) is 2.87. The second kappa shape index (κ2) is 5.18. The maximum atomic E-state index is 4.35. The van der Waals surface area contributed by atoms with Crippen molar-refractivity contribution in [2.24, 2.45) is 0 Å². The van der Waals surface area contributed by atoms with Crippen molar-refractivity contribution in [3.63, 3.8) is 0 Å². The molecule has 0 radical (unpaired) electrons. The van der Waals surface area contributed by atoms with E-state index in [0.29, 0.717) is 0 Å². The number of fused-ring (bicyclic) bond motifs is 2. The van der Waals surface area contributed by atoms with Gasteiger partial charge in [0.05, 0.1) is 5.39 Å². The normalized spacial score (nSPS) is 11.3. The SMILES string of the molecule is Cc1cc2c(NCCc3c[nH]c4ccccc34)ncnc2[nH]1. The summed E-state index contributed by atoms with van der Waals surface area (Å²) in [6, 6.07) is 10.4. The van der Waals surface area contributed by atoms with Crippen LogP contribution in [0.4, 0.5) is 5.82 Å². The average molecular weight is 291 g/mol. The first-order valence-electron chi connectivity index (χ1n) is 7.40. The highest BCUT2D eigenvalue weighted by molar-refractivity contribution is 5.87. The minimum absolute atomic E-state index is 0.832. The molecule has 1 aromatic carbocycles. The van der Waals surface area contributed by atoms with Crippen LogP contribution in [0.25, 0.3) is 21.9 Å². The van der Waals surface area contributed by atoms with E-state index in [1.807, 2.05) is 13.0 Å². The molecule has 3 heterocycles. The predicted molar refractivity (Wildman–Crippen MR) is 89.1 cm³/mol. The van der Waals surface area contributed by atoms with Crippen LogP contribution >= 0.6 is 0 Å². The van der Waals surface area contributed by atoms with E-state index in [1.54, 1.807) is 6.33 Å². The molecule has 0 bridgehead atoms. The molecule has 0 saturated heterocycles. The predicted octanol–water partition coefficient (Wildman–Crippen LogP) is 3.40. The number of aromatic nitrogens is 4. The molecule has 5 heteroatoms. The van der Waals surface area contributed by atoms with E-state index in [2.05, 4.69) is 55.7 Å². The third-order valence-corrected chi connectivity index (χ3v) is 3.92. The minimum atomic E-state index is 0.832. The Morgan fingerprint density at radius 1 is 1.14 bits per heavy atom. The molecule has 0 unspecified atom stereocenters. The summed E-state index contributed by atoms with van der Waals surface area (Å²) in [7, 11) is 0. The number of hydrogen-bond donors (Lipinski definition) is 3. The summed E-state index contributed by atoms with van der Waals surface area (Å²) < 4.78 is 0. The third kappa shape index (κ3) is 2.20. The molecule has 0 aliphatic carbocycles. The molecule has 0 amide bonds. The van der Waals surface area contributed by atoms with Crippen LogP contribution in [0.1, 0.15) is 11.3 Å². The summed E-state index contributed by atoms with van der Waals surface area (Å²) in [5, 5.41) is 5.75. The lowest BCUT2D eigenvalue weighted by atomic mass is 10.1. The van der Waals surface area contributed by atoms with Crippen LogP contribution in [0.5, 0.6) is 0 Å². The van der Waals surface area contributed by atoms with Gasteiger partial charge in [0, 0.05) is 29.3 Å². The molecule has 3 N–H and O–H groups in total. The van der Waals surface area contributed by atoms with Gasteiger partial charge in [0.2, 0.25) is 0 Å². The molecule has 110 valence electrons. The molecule has 3 aromatic heterocycles. The highest BCUT2D eigenvalue weighted by Crippen LogP contribution is 2.21. The van der Waals surface area contributed by atoms with Crippen molar-refractivity contribution >= 4 is 27.8 Å². The molecular weight excluding hydrogens is 274 g/mol. The van der Waals surface area contributed by atoms with E-state index in [-0.39, 0.29) is 0 Å². The number of hydrogen-bond acceptors (Lipinski definition) is 3. The van der Waals surface area contributed by atoms with E-state index in [1.165, 1.54) is 16.5 Å². The van der Waals surface area contributed by atoms with Crippen molar-refractivity contribution in [1.82, 2.24) is 19.9 Å². The number of benzene rings is 1. The lowest BCUT2D eigenvalue weighted by molar-refractivity contribution is 1.01. The van der Waals surface area contributed by atoms with E-state index < -0.39 is 0 Å². The van der Waals surface area contributed by atoms with Gasteiger partial charge in [-0.1, -0.05) is 18.2 Å². The zero-order valence-corrected chi connectivity index (χ0v) is 12.4. The lowest BCUT2D eigenvalue weighted by Crippen LogP contribution is -2.06. The summed E-state index contributed by atoms with van der Waals surface area (Å²) in [6.45, 7) is 2.86. The van der Waals surface area contributed by atoms with Crippen LogP contribution in [0, 0.1) is 6.92 Å². The largest absolute Gasteiger partial charge is 0.369 e. The standard InChI is InChI=1S/C17H17N5/c1-11-8-14-16(20-10-21-17(14)22-11)18-7-6-12-9-19-15-5-3-2-4-13(12)15/h2-5,8-10,19H,6-7H2,1H3,(H2,18,20,21,22). The van der Waals surface area contributed by atoms with E-state index in [0.717, 1.165) is 35.5 Å². The van der Waals surface area contributed by atoms with Crippen molar-refractivity contribution in [1.29, 1.82) is 0 Å². The topological polar surface area (TPSA) is 69.4 Å². The Labute approximate surface area is 127 Å². The molecular formula is C17H17N5. The second-order valence-electron chi connectivity index (χ2n) is 5.47. The number of nitrogens with zero attached hydrogens (tertiary/aromatic N) is 2. The van der Waals surface area contributed by atoms with Crippen molar-refractivity contribution < 1.29 is 0 Å². The summed E-state index contributed by atoms with van der Waals surface area (Å²) in [5.74, 6) is 0.884. The quantitative estimate of drug-likeness (QED) is 0.539. The highest BCUT2D eigenvalue weighted by Gasteiger charge is 2.07. The molecule has 0 aliphatic rings. The Morgan fingerprint density at radius 2 is 2.05 bits per heavy atom. The number of rotatable bonds is 4. The molecule has 0 saturated carbocycles. The first kappa shape index (κ1) is 12.9. The van der Waals surface area contributed by atoms with Gasteiger partial charge in [-0.2, -0.15) is 0 Å². The first-order chi connectivity index (χ1) is 10.8. The molecule has 0 spiro atoms. The van der Waals surface area contributed by atoms with Crippen LogP contribution in [0.2, 0.25) is 0 Å². The number of para-hydroxylation sites is 1. The van der Waals surface area contributed by atoms with Gasteiger partial charge in [0.25, 0.3) is 0 Å². The molecule has 4 aromatic rings. The Balaban J connectivity index is 1.52. The summed E-state index contributed by atoms with van der Waals surface area (Å²) in [4.78, 5) is 15.1. The number of anilines is 1. The Kier molecular flexibility index (Phi) is 3.04. The van der Waals surface area contributed by atoms with Gasteiger partial charge >= 0.3 is 0 Å². The fourth-order valence-electron chi connectivity index (χ4n) is 2.87. The van der Waals surface area contributed by atoms with Crippen LogP contribution in [-0.4, -0.2) is 26.5 Å². The maximum absolute atomic E-state index is 4.35. The zero-order valence-electron chi connectivity index (χ0n) is 12.4. The molecule has 5 nitrogen and oxygen atoms in total. The van der Waals surface area contributed by atoms with Gasteiger partial charge in [0.1, 0.15) is 17.8 Å². The summed E-state index contributed by atoms with van der Waals surface area (Å²) >= 11 is 0. The van der Waals surface area contributed by atoms with Crippen LogP contribution in [0.15, 0.2) is 42.9 Å². The fraction of sp³-hybridized carbons (Fsp3) is 0.176. The summed E-state index contributed by atoms with van der Waals surface area (Å²) in [5.41, 5.74) is 4.47.